The largest absolute Gasteiger partial charge is 0.490 e. The molecule has 3 aliphatic rings. The van der Waals surface area contributed by atoms with Gasteiger partial charge in [-0.2, -0.15) is 4.90 Å². The van der Waals surface area contributed by atoms with Crippen molar-refractivity contribution in [1.29, 1.82) is 0 Å². The number of ether oxygens (including phenoxy) is 1. The van der Waals surface area contributed by atoms with Gasteiger partial charge in [-0.1, -0.05) is 6.07 Å². The van der Waals surface area contributed by atoms with E-state index in [-0.39, 0.29) is 41.4 Å². The average Bonchev–Trinajstić information content (AvgIpc) is 3.39. The molecular weight excluding hydrogens is 372 g/mol. The maximum absolute atomic E-state index is 13.0. The summed E-state index contributed by atoms with van der Waals surface area (Å²) in [4.78, 5) is 63.2. The van der Waals surface area contributed by atoms with Crippen molar-refractivity contribution in [3.63, 3.8) is 0 Å². The molecule has 0 aromatic heterocycles. The van der Waals surface area contributed by atoms with Crippen molar-refractivity contribution in [2.75, 3.05) is 13.2 Å². The number of carbonyl (C=O) groups is 5. The molecule has 1 spiro atoms. The molecule has 1 saturated carbocycles. The van der Waals surface area contributed by atoms with Crippen LogP contribution in [0.15, 0.2) is 18.2 Å². The highest BCUT2D eigenvalue weighted by Gasteiger charge is 2.63. The van der Waals surface area contributed by atoms with Gasteiger partial charge < -0.3 is 14.9 Å². The molecule has 1 saturated heterocycles. The van der Waals surface area contributed by atoms with E-state index in [1.807, 2.05) is 0 Å². The Morgan fingerprint density at radius 1 is 1.18 bits per heavy atom. The van der Waals surface area contributed by atoms with E-state index in [0.29, 0.717) is 12.8 Å². The number of benzene rings is 1. The summed E-state index contributed by atoms with van der Waals surface area (Å²) in [6.45, 7) is -0.389. The number of imide groups is 4. The SMILES string of the molecule is O=C(O)N1C(=O)C(N2C(=O)c3cccc(OCCO)c3C2=O)CC2(CC2)C1=O. The molecule has 10 nitrogen and oxygen atoms in total. The lowest BCUT2D eigenvalue weighted by Crippen LogP contribution is -2.60. The number of carboxylic acid groups (broad SMARTS) is 1. The van der Waals surface area contributed by atoms with Crippen LogP contribution in [-0.2, 0) is 9.59 Å². The van der Waals surface area contributed by atoms with E-state index < -0.39 is 41.2 Å². The highest BCUT2D eigenvalue weighted by Crippen LogP contribution is 2.54. The Bertz CT molecular complexity index is 936. The molecule has 4 rings (SSSR count). The van der Waals surface area contributed by atoms with Crippen LogP contribution < -0.4 is 4.74 Å². The van der Waals surface area contributed by atoms with Crippen molar-refractivity contribution in [2.24, 2.45) is 5.41 Å². The maximum Gasteiger partial charge on any atom is 0.421 e. The van der Waals surface area contributed by atoms with Crippen molar-refractivity contribution < 1.29 is 38.9 Å². The zero-order valence-electron chi connectivity index (χ0n) is 14.6. The van der Waals surface area contributed by atoms with Crippen LogP contribution in [0.25, 0.3) is 0 Å². The maximum atomic E-state index is 13.0. The van der Waals surface area contributed by atoms with E-state index in [4.69, 9.17) is 9.84 Å². The van der Waals surface area contributed by atoms with Crippen LogP contribution in [0.1, 0.15) is 40.0 Å². The summed E-state index contributed by atoms with van der Waals surface area (Å²) in [7, 11) is 0. The van der Waals surface area contributed by atoms with Gasteiger partial charge in [0.25, 0.3) is 17.7 Å². The number of amides is 5. The van der Waals surface area contributed by atoms with Gasteiger partial charge in [-0.15, -0.1) is 0 Å². The zero-order valence-corrected chi connectivity index (χ0v) is 14.6. The van der Waals surface area contributed by atoms with Crippen LogP contribution in [0.2, 0.25) is 0 Å². The van der Waals surface area contributed by atoms with E-state index in [1.54, 1.807) is 0 Å². The Balaban J connectivity index is 1.72. The van der Waals surface area contributed by atoms with E-state index >= 15 is 0 Å². The van der Waals surface area contributed by atoms with Gasteiger partial charge in [-0.3, -0.25) is 24.1 Å². The fraction of sp³-hybridized carbons (Fsp3) is 0.389. The number of piperidine rings is 1. The molecular formula is C18H16N2O8. The third kappa shape index (κ3) is 2.41. The molecule has 0 bridgehead atoms. The second-order valence-electron chi connectivity index (χ2n) is 6.99. The van der Waals surface area contributed by atoms with Crippen molar-refractivity contribution in [3.05, 3.63) is 29.3 Å². The zero-order chi connectivity index (χ0) is 20.2. The van der Waals surface area contributed by atoms with E-state index in [0.717, 1.165) is 4.90 Å². The minimum Gasteiger partial charge on any atom is -0.490 e. The highest BCUT2D eigenvalue weighted by molar-refractivity contribution is 6.25. The predicted molar refractivity (Wildman–Crippen MR) is 89.5 cm³/mol. The molecule has 0 radical (unpaired) electrons. The summed E-state index contributed by atoms with van der Waals surface area (Å²) < 4.78 is 5.32. The number of hydrogen-bond donors (Lipinski definition) is 2. The molecule has 1 atom stereocenters. The molecule has 5 amide bonds. The minimum atomic E-state index is -1.73. The van der Waals surface area contributed by atoms with Crippen molar-refractivity contribution in [3.8, 4) is 5.75 Å². The van der Waals surface area contributed by atoms with Crippen LogP contribution in [0.3, 0.4) is 0 Å². The lowest BCUT2D eigenvalue weighted by molar-refractivity contribution is -0.153. The Morgan fingerprint density at radius 3 is 2.50 bits per heavy atom. The number of nitrogens with zero attached hydrogens (tertiary/aromatic N) is 2. The van der Waals surface area contributed by atoms with Crippen LogP contribution in [0.4, 0.5) is 4.79 Å². The molecule has 2 N–H and O–H groups in total. The van der Waals surface area contributed by atoms with Gasteiger partial charge in [-0.25, -0.2) is 4.79 Å². The van der Waals surface area contributed by atoms with Crippen molar-refractivity contribution in [2.45, 2.75) is 25.3 Å². The molecule has 28 heavy (non-hydrogen) atoms. The first-order valence-electron chi connectivity index (χ1n) is 8.68. The van der Waals surface area contributed by atoms with Gasteiger partial charge in [0, 0.05) is 0 Å². The summed E-state index contributed by atoms with van der Waals surface area (Å²) in [6.07, 6.45) is -1.03. The molecule has 2 aliphatic heterocycles. The lowest BCUT2D eigenvalue weighted by atomic mass is 9.89. The molecule has 1 aromatic rings. The van der Waals surface area contributed by atoms with Gasteiger partial charge >= 0.3 is 6.09 Å². The number of likely N-dealkylation sites (tertiary alicyclic amines) is 1. The van der Waals surface area contributed by atoms with Crippen molar-refractivity contribution >= 4 is 29.7 Å². The van der Waals surface area contributed by atoms with Crippen LogP contribution >= 0.6 is 0 Å². The van der Waals surface area contributed by atoms with Gasteiger partial charge in [0.15, 0.2) is 0 Å². The fourth-order valence-electron chi connectivity index (χ4n) is 3.81. The summed E-state index contributed by atoms with van der Waals surface area (Å²) in [5.74, 6) is -3.36. The highest BCUT2D eigenvalue weighted by atomic mass is 16.5. The topological polar surface area (TPSA) is 142 Å². The molecule has 10 heteroatoms. The summed E-state index contributed by atoms with van der Waals surface area (Å²) in [6, 6.07) is 2.98. The Labute approximate surface area is 158 Å². The standard InChI is InChI=1S/C18H16N2O8/c21-6-7-28-11-3-1-2-9-12(11)15(24)19(13(9)22)10-8-18(4-5-18)16(25)20(14(10)23)17(26)27/h1-3,10,21H,4-8H2,(H,26,27). The first-order chi connectivity index (χ1) is 13.3. The third-order valence-corrected chi connectivity index (χ3v) is 5.36. The van der Waals surface area contributed by atoms with Crippen LogP contribution in [0.5, 0.6) is 5.75 Å². The van der Waals surface area contributed by atoms with Gasteiger partial charge in [0.05, 0.1) is 23.1 Å². The number of fused-ring (bicyclic) bond motifs is 1. The minimum absolute atomic E-state index is 0.0249. The predicted octanol–water partition coefficient (Wildman–Crippen LogP) is 0.239. The quantitative estimate of drug-likeness (QED) is 0.699. The summed E-state index contributed by atoms with van der Waals surface area (Å²) in [5.41, 5.74) is -1.04. The first-order valence-corrected chi connectivity index (χ1v) is 8.68. The number of hydrogen-bond acceptors (Lipinski definition) is 7. The monoisotopic (exact) mass is 388 g/mol. The Hall–Kier alpha value is -3.27. The Morgan fingerprint density at radius 2 is 1.89 bits per heavy atom. The van der Waals surface area contributed by atoms with Crippen LogP contribution in [-0.4, -0.2) is 69.0 Å². The van der Waals surface area contributed by atoms with E-state index in [2.05, 4.69) is 0 Å². The second-order valence-corrected chi connectivity index (χ2v) is 6.99. The second kappa shape index (κ2) is 6.13. The molecule has 1 aliphatic carbocycles. The molecule has 2 fully saturated rings. The smallest absolute Gasteiger partial charge is 0.421 e. The fourth-order valence-corrected chi connectivity index (χ4v) is 3.81. The van der Waals surface area contributed by atoms with E-state index in [9.17, 15) is 29.1 Å². The van der Waals surface area contributed by atoms with Crippen molar-refractivity contribution in [1.82, 2.24) is 9.80 Å². The van der Waals surface area contributed by atoms with Gasteiger partial charge in [0.1, 0.15) is 18.4 Å². The normalized spacial score (nSPS) is 22.7. The third-order valence-electron chi connectivity index (χ3n) is 5.36. The molecule has 146 valence electrons. The number of aliphatic hydroxyl groups excluding tert-OH is 1. The summed E-state index contributed by atoms with van der Waals surface area (Å²) in [5, 5.41) is 18.2. The number of aliphatic hydroxyl groups is 1. The summed E-state index contributed by atoms with van der Waals surface area (Å²) >= 11 is 0. The van der Waals surface area contributed by atoms with Gasteiger partial charge in [-0.05, 0) is 31.4 Å². The number of rotatable bonds is 4. The molecule has 2 heterocycles. The first kappa shape index (κ1) is 18.1. The number of carbonyl (C=O) groups excluding carboxylic acids is 4. The van der Waals surface area contributed by atoms with Gasteiger partial charge in [0.2, 0.25) is 5.91 Å². The molecule has 1 aromatic carbocycles. The van der Waals surface area contributed by atoms with Crippen LogP contribution in [0, 0.1) is 5.41 Å². The molecule has 1 unspecified atom stereocenters. The average molecular weight is 388 g/mol. The lowest BCUT2D eigenvalue weighted by Gasteiger charge is -2.36. The van der Waals surface area contributed by atoms with E-state index in [1.165, 1.54) is 18.2 Å². The Kier molecular flexibility index (Phi) is 3.96.